The standard InChI is InChI=1S/C16H17F4NO3/c17-11-3-4-12(13(9-11)16(18,19)20)15(24)21-6-1-2-10(5-7-21)8-14(22)23/h3-4,9-10H,1-2,5-8H2,(H,22,23)/t10-/m0/s1. The molecule has 4 nitrogen and oxygen atoms in total. The zero-order chi connectivity index (χ0) is 17.9. The Labute approximate surface area is 136 Å². The molecule has 1 fully saturated rings. The molecule has 1 heterocycles. The summed E-state index contributed by atoms with van der Waals surface area (Å²) in [6.07, 6.45) is -3.31. The second kappa shape index (κ2) is 7.19. The summed E-state index contributed by atoms with van der Waals surface area (Å²) in [5, 5.41) is 8.82. The molecule has 1 N–H and O–H groups in total. The van der Waals surface area contributed by atoms with E-state index in [-0.39, 0.29) is 25.4 Å². The minimum atomic E-state index is -4.83. The van der Waals surface area contributed by atoms with Gasteiger partial charge in [0.1, 0.15) is 5.82 Å². The van der Waals surface area contributed by atoms with Gasteiger partial charge in [0.25, 0.3) is 5.91 Å². The minimum Gasteiger partial charge on any atom is -0.481 e. The van der Waals surface area contributed by atoms with Crippen molar-refractivity contribution in [2.75, 3.05) is 13.1 Å². The first-order chi connectivity index (χ1) is 11.2. The number of aliphatic carboxylic acids is 1. The molecule has 1 aromatic rings. The van der Waals surface area contributed by atoms with Crippen molar-refractivity contribution in [2.24, 2.45) is 5.92 Å². The molecule has 24 heavy (non-hydrogen) atoms. The van der Waals surface area contributed by atoms with Crippen LogP contribution in [0.15, 0.2) is 18.2 Å². The average molecular weight is 347 g/mol. The van der Waals surface area contributed by atoms with E-state index < -0.39 is 35.0 Å². The van der Waals surface area contributed by atoms with E-state index in [9.17, 15) is 27.2 Å². The number of hydrogen-bond acceptors (Lipinski definition) is 2. The lowest BCUT2D eigenvalue weighted by molar-refractivity contribution is -0.139. The van der Waals surface area contributed by atoms with Crippen LogP contribution in [0.3, 0.4) is 0 Å². The lowest BCUT2D eigenvalue weighted by atomic mass is 9.97. The van der Waals surface area contributed by atoms with Crippen LogP contribution in [0.5, 0.6) is 0 Å². The maximum atomic E-state index is 13.1. The molecule has 1 aliphatic rings. The Hall–Kier alpha value is -2.12. The molecule has 0 aliphatic carbocycles. The Balaban J connectivity index is 2.19. The number of carbonyl (C=O) groups excluding carboxylic acids is 1. The van der Waals surface area contributed by atoms with Crippen molar-refractivity contribution in [1.82, 2.24) is 4.90 Å². The fraction of sp³-hybridized carbons (Fsp3) is 0.500. The van der Waals surface area contributed by atoms with E-state index in [1.54, 1.807) is 0 Å². The number of benzene rings is 1. The number of carboxylic acids is 1. The van der Waals surface area contributed by atoms with E-state index in [1.807, 2.05) is 0 Å². The average Bonchev–Trinajstić information content (AvgIpc) is 2.70. The van der Waals surface area contributed by atoms with Crippen LogP contribution in [0, 0.1) is 11.7 Å². The molecular formula is C16H17F4NO3. The van der Waals surface area contributed by atoms with E-state index in [4.69, 9.17) is 5.11 Å². The number of amides is 1. The van der Waals surface area contributed by atoms with Gasteiger partial charge in [0.15, 0.2) is 0 Å². The van der Waals surface area contributed by atoms with Crippen LogP contribution in [0.4, 0.5) is 17.6 Å². The van der Waals surface area contributed by atoms with Gasteiger partial charge in [-0.2, -0.15) is 13.2 Å². The van der Waals surface area contributed by atoms with Crippen molar-refractivity contribution in [3.8, 4) is 0 Å². The topological polar surface area (TPSA) is 57.6 Å². The number of likely N-dealkylation sites (tertiary alicyclic amines) is 1. The van der Waals surface area contributed by atoms with Gasteiger partial charge in [-0.05, 0) is 43.4 Å². The van der Waals surface area contributed by atoms with Gasteiger partial charge in [0.05, 0.1) is 11.1 Å². The second-order valence-corrected chi connectivity index (χ2v) is 5.87. The number of alkyl halides is 3. The van der Waals surface area contributed by atoms with E-state index in [0.29, 0.717) is 25.3 Å². The molecule has 1 amide bonds. The van der Waals surface area contributed by atoms with Gasteiger partial charge < -0.3 is 10.0 Å². The predicted octanol–water partition coefficient (Wildman–Crippen LogP) is 3.56. The molecule has 0 unspecified atom stereocenters. The summed E-state index contributed by atoms with van der Waals surface area (Å²) in [6, 6.07) is 1.99. The molecule has 1 aliphatic heterocycles. The highest BCUT2D eigenvalue weighted by atomic mass is 19.4. The highest BCUT2D eigenvalue weighted by molar-refractivity contribution is 5.96. The maximum absolute atomic E-state index is 13.1. The van der Waals surface area contributed by atoms with Crippen LogP contribution in [-0.4, -0.2) is 35.0 Å². The summed E-state index contributed by atoms with van der Waals surface area (Å²) >= 11 is 0. The monoisotopic (exact) mass is 347 g/mol. The van der Waals surface area contributed by atoms with Gasteiger partial charge in [-0.15, -0.1) is 0 Å². The molecule has 1 aromatic carbocycles. The van der Waals surface area contributed by atoms with Crippen LogP contribution in [0.1, 0.15) is 41.6 Å². The van der Waals surface area contributed by atoms with E-state index >= 15 is 0 Å². The summed E-state index contributed by atoms with van der Waals surface area (Å²) in [6.45, 7) is 0.440. The number of rotatable bonds is 3. The molecule has 8 heteroatoms. The minimum absolute atomic E-state index is 0.0214. The molecule has 0 bridgehead atoms. The number of halogens is 4. The van der Waals surface area contributed by atoms with Crippen LogP contribution in [0.25, 0.3) is 0 Å². The van der Waals surface area contributed by atoms with Crippen molar-refractivity contribution in [2.45, 2.75) is 31.9 Å². The summed E-state index contributed by atoms with van der Waals surface area (Å²) in [5.41, 5.74) is -1.88. The van der Waals surface area contributed by atoms with E-state index in [1.165, 1.54) is 4.90 Å². The Bertz CT molecular complexity index is 630. The lowest BCUT2D eigenvalue weighted by Gasteiger charge is -2.22. The van der Waals surface area contributed by atoms with Crippen LogP contribution in [0.2, 0.25) is 0 Å². The SMILES string of the molecule is O=C(O)C[C@H]1CCCN(C(=O)c2ccc(F)cc2C(F)(F)F)CC1. The molecule has 0 spiro atoms. The highest BCUT2D eigenvalue weighted by Gasteiger charge is 2.37. The normalized spacial score (nSPS) is 19.0. The van der Waals surface area contributed by atoms with Crippen molar-refractivity contribution in [3.63, 3.8) is 0 Å². The Morgan fingerprint density at radius 2 is 1.92 bits per heavy atom. The number of carboxylic acid groups (broad SMARTS) is 1. The number of carbonyl (C=O) groups is 2. The highest BCUT2D eigenvalue weighted by Crippen LogP contribution is 2.33. The van der Waals surface area contributed by atoms with Gasteiger partial charge in [-0.25, -0.2) is 4.39 Å². The summed E-state index contributed by atoms with van der Waals surface area (Å²) in [5.74, 6) is -2.90. The third-order valence-electron chi connectivity index (χ3n) is 4.12. The Morgan fingerprint density at radius 1 is 1.21 bits per heavy atom. The van der Waals surface area contributed by atoms with E-state index in [0.717, 1.165) is 12.1 Å². The summed E-state index contributed by atoms with van der Waals surface area (Å²) in [4.78, 5) is 24.5. The van der Waals surface area contributed by atoms with E-state index in [2.05, 4.69) is 0 Å². The first-order valence-corrected chi connectivity index (χ1v) is 7.56. The first kappa shape index (κ1) is 18.2. The van der Waals surface area contributed by atoms with Crippen molar-refractivity contribution >= 4 is 11.9 Å². The largest absolute Gasteiger partial charge is 0.481 e. The molecule has 1 atom stereocenters. The van der Waals surface area contributed by atoms with Crippen LogP contribution < -0.4 is 0 Å². The summed E-state index contributed by atoms with van der Waals surface area (Å²) in [7, 11) is 0. The third kappa shape index (κ3) is 4.46. The van der Waals surface area contributed by atoms with Crippen LogP contribution in [-0.2, 0) is 11.0 Å². The lowest BCUT2D eigenvalue weighted by Crippen LogP contribution is -2.33. The number of hydrogen-bond donors (Lipinski definition) is 1. The molecular weight excluding hydrogens is 330 g/mol. The smallest absolute Gasteiger partial charge is 0.417 e. The molecule has 2 rings (SSSR count). The fourth-order valence-corrected chi connectivity index (χ4v) is 2.93. The van der Waals surface area contributed by atoms with Crippen LogP contribution >= 0.6 is 0 Å². The molecule has 0 aromatic heterocycles. The van der Waals surface area contributed by atoms with Gasteiger partial charge >= 0.3 is 12.1 Å². The van der Waals surface area contributed by atoms with Crippen molar-refractivity contribution in [1.29, 1.82) is 0 Å². The zero-order valence-electron chi connectivity index (χ0n) is 12.8. The number of nitrogens with zero attached hydrogens (tertiary/aromatic N) is 1. The van der Waals surface area contributed by atoms with Crippen molar-refractivity contribution in [3.05, 3.63) is 35.1 Å². The zero-order valence-corrected chi connectivity index (χ0v) is 12.8. The van der Waals surface area contributed by atoms with Gasteiger partial charge in [-0.3, -0.25) is 9.59 Å². The maximum Gasteiger partial charge on any atom is 0.417 e. The Morgan fingerprint density at radius 3 is 2.54 bits per heavy atom. The summed E-state index contributed by atoms with van der Waals surface area (Å²) < 4.78 is 52.3. The van der Waals surface area contributed by atoms with Gasteiger partial charge in [0.2, 0.25) is 0 Å². The quantitative estimate of drug-likeness (QED) is 0.851. The molecule has 132 valence electrons. The first-order valence-electron chi connectivity index (χ1n) is 7.56. The van der Waals surface area contributed by atoms with Gasteiger partial charge in [0, 0.05) is 19.5 Å². The molecule has 0 saturated carbocycles. The fourth-order valence-electron chi connectivity index (χ4n) is 2.93. The Kier molecular flexibility index (Phi) is 5.46. The molecule has 1 saturated heterocycles. The van der Waals surface area contributed by atoms with Gasteiger partial charge in [-0.1, -0.05) is 0 Å². The molecule has 0 radical (unpaired) electrons. The van der Waals surface area contributed by atoms with Crippen molar-refractivity contribution < 1.29 is 32.3 Å². The predicted molar refractivity (Wildman–Crippen MR) is 76.9 cm³/mol. The second-order valence-electron chi connectivity index (χ2n) is 5.87. The third-order valence-corrected chi connectivity index (χ3v) is 4.12.